The molecule has 0 radical (unpaired) electrons. The van der Waals surface area contributed by atoms with Gasteiger partial charge in [0.15, 0.2) is 0 Å². The Kier molecular flexibility index (Phi) is 3.92. The molecule has 0 aliphatic heterocycles. The van der Waals surface area contributed by atoms with Gasteiger partial charge in [0.25, 0.3) is 0 Å². The van der Waals surface area contributed by atoms with Gasteiger partial charge in [-0.1, -0.05) is 0 Å². The van der Waals surface area contributed by atoms with Crippen molar-refractivity contribution < 1.29 is 13.2 Å². The lowest BCUT2D eigenvalue weighted by atomic mass is 10.6. The Morgan fingerprint density at radius 2 is 1.95 bits per heavy atom. The number of rotatable bonds is 4. The van der Waals surface area contributed by atoms with E-state index in [0.717, 1.165) is 0 Å². The minimum absolute atomic E-state index is 0.00586. The fraction of sp³-hybridized carbons (Fsp3) is 0. The van der Waals surface area contributed by atoms with Crippen LogP contribution in [0.15, 0.2) is 36.0 Å². The first-order chi connectivity index (χ1) is 9.05. The summed E-state index contributed by atoms with van der Waals surface area (Å²) in [6.45, 7) is 0. The molecule has 0 saturated heterocycles. The van der Waals surface area contributed by atoms with Crippen LogP contribution in [0.3, 0.4) is 0 Å². The number of nitrogens with zero attached hydrogens (tertiary/aromatic N) is 2. The first-order valence-corrected chi connectivity index (χ1v) is 7.33. The highest BCUT2D eigenvalue weighted by molar-refractivity contribution is 7.91. The number of hydrogen-bond acceptors (Lipinski definition) is 6. The van der Waals surface area contributed by atoms with E-state index in [1.165, 1.54) is 23.7 Å². The Balaban J connectivity index is 1.95. The minimum Gasteiger partial charge on any atom is -0.275 e. The van der Waals surface area contributed by atoms with E-state index in [1.807, 2.05) is 0 Å². The van der Waals surface area contributed by atoms with Crippen LogP contribution in [-0.2, 0) is 10.2 Å². The zero-order valence-electron chi connectivity index (χ0n) is 9.40. The van der Waals surface area contributed by atoms with Crippen molar-refractivity contribution in [3.8, 4) is 0 Å². The molecule has 8 nitrogen and oxygen atoms in total. The lowest BCUT2D eigenvalue weighted by molar-refractivity contribution is 0.256. The first-order valence-electron chi connectivity index (χ1n) is 4.97. The summed E-state index contributed by atoms with van der Waals surface area (Å²) in [7, 11) is -3.98. The van der Waals surface area contributed by atoms with Gasteiger partial charge in [0.1, 0.15) is 5.00 Å². The maximum Gasteiger partial charge on any atom is 0.336 e. The van der Waals surface area contributed by atoms with E-state index in [1.54, 1.807) is 28.3 Å². The molecular weight excluding hydrogens is 290 g/mol. The summed E-state index contributed by atoms with van der Waals surface area (Å²) >= 11 is 1.19. The fourth-order valence-corrected chi connectivity index (χ4v) is 2.77. The van der Waals surface area contributed by atoms with Gasteiger partial charge in [-0.2, -0.15) is 8.42 Å². The number of urea groups is 1. The number of nitrogens with one attached hydrogen (secondary N) is 3. The SMILES string of the molecule is O=C(Nc1ncccn1)NS(=O)(=O)Nc1cccs1. The molecule has 0 aliphatic carbocycles. The third-order valence-corrected chi connectivity index (χ3v) is 3.63. The number of thiophene rings is 1. The Morgan fingerprint density at radius 1 is 1.21 bits per heavy atom. The predicted molar refractivity (Wildman–Crippen MR) is 71.0 cm³/mol. The predicted octanol–water partition coefficient (Wildman–Crippen LogP) is 1.02. The number of amides is 2. The smallest absolute Gasteiger partial charge is 0.275 e. The van der Waals surface area contributed by atoms with Crippen LogP contribution in [0.2, 0.25) is 0 Å². The highest BCUT2D eigenvalue weighted by Gasteiger charge is 2.15. The number of anilines is 2. The van der Waals surface area contributed by atoms with Gasteiger partial charge in [0.05, 0.1) is 0 Å². The van der Waals surface area contributed by atoms with E-state index in [-0.39, 0.29) is 5.95 Å². The molecule has 0 aliphatic rings. The van der Waals surface area contributed by atoms with Gasteiger partial charge in [0, 0.05) is 12.4 Å². The second-order valence-electron chi connectivity index (χ2n) is 3.21. The molecule has 2 rings (SSSR count). The summed E-state index contributed by atoms with van der Waals surface area (Å²) in [5.74, 6) is 0.00586. The maximum atomic E-state index is 11.6. The van der Waals surface area contributed by atoms with E-state index in [4.69, 9.17) is 0 Å². The van der Waals surface area contributed by atoms with Crippen molar-refractivity contribution >= 4 is 38.5 Å². The van der Waals surface area contributed by atoms with Crippen molar-refractivity contribution in [3.63, 3.8) is 0 Å². The van der Waals surface area contributed by atoms with E-state index in [9.17, 15) is 13.2 Å². The second kappa shape index (κ2) is 5.63. The summed E-state index contributed by atoms with van der Waals surface area (Å²) in [5, 5.41) is 4.29. The van der Waals surface area contributed by atoms with Crippen LogP contribution in [-0.4, -0.2) is 24.4 Å². The van der Waals surface area contributed by atoms with Crippen molar-refractivity contribution in [2.75, 3.05) is 10.0 Å². The van der Waals surface area contributed by atoms with Crippen LogP contribution in [0.1, 0.15) is 0 Å². The quantitative estimate of drug-likeness (QED) is 0.780. The van der Waals surface area contributed by atoms with Crippen LogP contribution in [0.5, 0.6) is 0 Å². The Labute approximate surface area is 113 Å². The lowest BCUT2D eigenvalue weighted by Gasteiger charge is -2.07. The van der Waals surface area contributed by atoms with Crippen LogP contribution in [0.4, 0.5) is 15.7 Å². The average molecular weight is 299 g/mol. The summed E-state index contributed by atoms with van der Waals surface area (Å²) < 4.78 is 27.1. The lowest BCUT2D eigenvalue weighted by Crippen LogP contribution is -2.38. The van der Waals surface area contributed by atoms with Crippen molar-refractivity contribution in [2.24, 2.45) is 0 Å². The van der Waals surface area contributed by atoms with Crippen molar-refractivity contribution in [3.05, 3.63) is 36.0 Å². The Bertz CT molecular complexity index is 642. The van der Waals surface area contributed by atoms with Gasteiger partial charge >= 0.3 is 16.2 Å². The molecule has 0 aromatic carbocycles. The average Bonchev–Trinajstić information content (AvgIpc) is 2.81. The molecule has 2 aromatic rings. The van der Waals surface area contributed by atoms with Gasteiger partial charge in [-0.25, -0.2) is 19.5 Å². The van der Waals surface area contributed by atoms with E-state index in [0.29, 0.717) is 5.00 Å². The molecule has 10 heteroatoms. The minimum atomic E-state index is -3.98. The standard InChI is InChI=1S/C9H9N5O3S2/c15-9(12-8-10-4-2-5-11-8)14-19(16,17)13-7-3-1-6-18-7/h1-6,13H,(H2,10,11,12,14,15). The number of hydrogen-bond donors (Lipinski definition) is 3. The molecule has 0 saturated carbocycles. The normalized spacial score (nSPS) is 10.7. The van der Waals surface area contributed by atoms with Gasteiger partial charge in [0.2, 0.25) is 5.95 Å². The molecule has 0 spiro atoms. The third-order valence-electron chi connectivity index (χ3n) is 1.77. The Morgan fingerprint density at radius 3 is 2.58 bits per heavy atom. The van der Waals surface area contributed by atoms with Gasteiger partial charge in [-0.05, 0) is 23.6 Å². The number of carbonyl (C=O) groups excluding carboxylic acids is 1. The van der Waals surface area contributed by atoms with Gasteiger partial charge in [-0.3, -0.25) is 10.0 Å². The van der Waals surface area contributed by atoms with Crippen LogP contribution < -0.4 is 14.8 Å². The van der Waals surface area contributed by atoms with Crippen LogP contribution >= 0.6 is 11.3 Å². The maximum absolute atomic E-state index is 11.6. The van der Waals surface area contributed by atoms with E-state index >= 15 is 0 Å². The van der Waals surface area contributed by atoms with Gasteiger partial charge in [-0.15, -0.1) is 11.3 Å². The highest BCUT2D eigenvalue weighted by Crippen LogP contribution is 2.15. The first kappa shape index (κ1) is 13.2. The molecule has 0 atom stereocenters. The van der Waals surface area contributed by atoms with E-state index in [2.05, 4.69) is 20.0 Å². The van der Waals surface area contributed by atoms with Crippen molar-refractivity contribution in [1.29, 1.82) is 0 Å². The van der Waals surface area contributed by atoms with Gasteiger partial charge < -0.3 is 0 Å². The molecule has 2 amide bonds. The van der Waals surface area contributed by atoms with E-state index < -0.39 is 16.2 Å². The largest absolute Gasteiger partial charge is 0.336 e. The van der Waals surface area contributed by atoms with Crippen LogP contribution in [0.25, 0.3) is 0 Å². The molecule has 0 bridgehead atoms. The number of carbonyl (C=O) groups is 1. The molecule has 19 heavy (non-hydrogen) atoms. The second-order valence-corrected chi connectivity index (χ2v) is 5.57. The molecule has 0 fully saturated rings. The molecule has 2 heterocycles. The summed E-state index contributed by atoms with van der Waals surface area (Å²) in [4.78, 5) is 18.9. The summed E-state index contributed by atoms with van der Waals surface area (Å²) in [6, 6.07) is 3.87. The fourth-order valence-electron chi connectivity index (χ4n) is 1.11. The molecular formula is C9H9N5O3S2. The van der Waals surface area contributed by atoms with Crippen LogP contribution in [0, 0.1) is 0 Å². The summed E-state index contributed by atoms with van der Waals surface area (Å²) in [5.41, 5.74) is 0. The molecule has 100 valence electrons. The molecule has 3 N–H and O–H groups in total. The van der Waals surface area contributed by atoms with Crippen molar-refractivity contribution in [2.45, 2.75) is 0 Å². The zero-order chi connectivity index (χ0) is 13.7. The topological polar surface area (TPSA) is 113 Å². The Hall–Kier alpha value is -2.20. The number of aromatic nitrogens is 2. The third kappa shape index (κ3) is 4.19. The molecule has 2 aromatic heterocycles. The monoisotopic (exact) mass is 299 g/mol. The molecule has 0 unspecified atom stereocenters. The highest BCUT2D eigenvalue weighted by atomic mass is 32.2. The summed E-state index contributed by atoms with van der Waals surface area (Å²) in [6.07, 6.45) is 2.84. The van der Waals surface area contributed by atoms with Crippen molar-refractivity contribution in [1.82, 2.24) is 14.7 Å². The zero-order valence-corrected chi connectivity index (χ0v) is 11.0.